The van der Waals surface area contributed by atoms with Gasteiger partial charge in [0, 0.05) is 17.6 Å². The molecule has 0 aliphatic carbocycles. The van der Waals surface area contributed by atoms with E-state index in [1.54, 1.807) is 17.0 Å². The van der Waals surface area contributed by atoms with Gasteiger partial charge in [-0.3, -0.25) is 4.79 Å². The third-order valence-corrected chi connectivity index (χ3v) is 7.71. The number of carbonyl (C=O) groups is 1. The molecule has 1 heterocycles. The van der Waals surface area contributed by atoms with Gasteiger partial charge in [0.05, 0.1) is 17.4 Å². The van der Waals surface area contributed by atoms with Gasteiger partial charge in [0.25, 0.3) is 0 Å². The van der Waals surface area contributed by atoms with E-state index >= 15 is 0 Å². The number of carbonyl (C=O) groups excluding carboxylic acids is 1. The number of hydrogen-bond acceptors (Lipinski definition) is 3. The van der Waals surface area contributed by atoms with Crippen molar-refractivity contribution in [1.29, 1.82) is 0 Å². The molecule has 1 atom stereocenters. The second-order valence-electron chi connectivity index (χ2n) is 7.90. The Morgan fingerprint density at radius 3 is 1.94 bits per heavy atom. The molecule has 0 spiro atoms. The largest absolute Gasteiger partial charge is 0.334 e. The second-order valence-corrected chi connectivity index (χ2v) is 10.6. The van der Waals surface area contributed by atoms with E-state index in [-0.39, 0.29) is 23.5 Å². The van der Waals surface area contributed by atoms with Gasteiger partial charge in [-0.25, -0.2) is 8.42 Å². The summed E-state index contributed by atoms with van der Waals surface area (Å²) in [7, 11) is -3.14. The summed E-state index contributed by atoms with van der Waals surface area (Å²) in [4.78, 5) is 15.8. The van der Waals surface area contributed by atoms with Crippen LogP contribution in [0.15, 0.2) is 84.9 Å². The Morgan fingerprint density at radius 1 is 0.903 bits per heavy atom. The molecule has 0 saturated carbocycles. The zero-order chi connectivity index (χ0) is 21.8. The predicted molar refractivity (Wildman–Crippen MR) is 124 cm³/mol. The lowest BCUT2D eigenvalue weighted by Crippen LogP contribution is -2.43. The van der Waals surface area contributed by atoms with E-state index in [0.717, 1.165) is 16.7 Å². The zero-order valence-corrected chi connectivity index (χ0v) is 18.6. The van der Waals surface area contributed by atoms with E-state index in [9.17, 15) is 13.2 Å². The molecule has 1 aliphatic rings. The number of nitrogens with zero attached hydrogens (tertiary/aromatic N) is 1. The summed E-state index contributed by atoms with van der Waals surface area (Å²) >= 11 is 6.03. The van der Waals surface area contributed by atoms with Crippen molar-refractivity contribution < 1.29 is 13.2 Å². The molecule has 0 N–H and O–H groups in total. The highest BCUT2D eigenvalue weighted by Gasteiger charge is 2.37. The van der Waals surface area contributed by atoms with Crippen molar-refractivity contribution in [2.75, 3.05) is 11.5 Å². The van der Waals surface area contributed by atoms with Crippen LogP contribution < -0.4 is 0 Å². The number of rotatable bonds is 6. The average Bonchev–Trinajstić information content (AvgIpc) is 3.14. The average molecular weight is 454 g/mol. The molecule has 1 amide bonds. The zero-order valence-electron chi connectivity index (χ0n) is 17.0. The van der Waals surface area contributed by atoms with Crippen LogP contribution in [-0.4, -0.2) is 36.8 Å². The fourth-order valence-electron chi connectivity index (χ4n) is 4.13. The molecular formula is C25H24ClNO3S. The van der Waals surface area contributed by atoms with E-state index in [1.807, 2.05) is 72.8 Å². The minimum absolute atomic E-state index is 0.00261. The smallest absolute Gasteiger partial charge is 0.235 e. The van der Waals surface area contributed by atoms with Crippen LogP contribution in [0.25, 0.3) is 0 Å². The van der Waals surface area contributed by atoms with Crippen molar-refractivity contribution in [1.82, 2.24) is 4.90 Å². The fraction of sp³-hybridized carbons (Fsp3) is 0.240. The summed E-state index contributed by atoms with van der Waals surface area (Å²) < 4.78 is 24.4. The first-order valence-corrected chi connectivity index (χ1v) is 12.5. The van der Waals surface area contributed by atoms with E-state index in [0.29, 0.717) is 18.0 Å². The van der Waals surface area contributed by atoms with Crippen LogP contribution in [0.5, 0.6) is 0 Å². The Morgan fingerprint density at radius 2 is 1.45 bits per heavy atom. The van der Waals surface area contributed by atoms with Crippen LogP contribution >= 0.6 is 11.6 Å². The van der Waals surface area contributed by atoms with E-state index in [2.05, 4.69) is 0 Å². The number of sulfone groups is 1. The summed E-state index contributed by atoms with van der Waals surface area (Å²) in [6, 6.07) is 26.3. The highest BCUT2D eigenvalue weighted by molar-refractivity contribution is 7.91. The maximum atomic E-state index is 14.0. The highest BCUT2D eigenvalue weighted by atomic mass is 35.5. The fourth-order valence-corrected chi connectivity index (χ4v) is 5.99. The quantitative estimate of drug-likeness (QED) is 0.544. The lowest BCUT2D eigenvalue weighted by atomic mass is 9.89. The first-order valence-electron chi connectivity index (χ1n) is 10.3. The van der Waals surface area contributed by atoms with Crippen LogP contribution in [-0.2, 0) is 21.2 Å². The molecular weight excluding hydrogens is 430 g/mol. The third kappa shape index (κ3) is 5.17. The van der Waals surface area contributed by atoms with Crippen molar-refractivity contribution in [2.24, 2.45) is 0 Å². The van der Waals surface area contributed by atoms with Gasteiger partial charge < -0.3 is 4.90 Å². The SMILES string of the molecule is O=C(C(c1ccccc1)c1ccccc1)N(Cc1ccc(Cl)cc1)[C@H]1CCS(=O)(=O)C1. The van der Waals surface area contributed by atoms with Gasteiger partial charge in [0.15, 0.2) is 9.84 Å². The molecule has 0 aromatic heterocycles. The predicted octanol–water partition coefficient (Wildman–Crippen LogP) is 4.69. The second kappa shape index (κ2) is 9.25. The highest BCUT2D eigenvalue weighted by Crippen LogP contribution is 2.31. The van der Waals surface area contributed by atoms with Crippen LogP contribution in [0, 0.1) is 0 Å². The monoisotopic (exact) mass is 453 g/mol. The van der Waals surface area contributed by atoms with Gasteiger partial charge >= 0.3 is 0 Å². The molecule has 31 heavy (non-hydrogen) atoms. The Hall–Kier alpha value is -2.63. The van der Waals surface area contributed by atoms with Gasteiger partial charge in [-0.1, -0.05) is 84.4 Å². The van der Waals surface area contributed by atoms with Crippen molar-refractivity contribution in [3.63, 3.8) is 0 Å². The molecule has 1 aliphatic heterocycles. The lowest BCUT2D eigenvalue weighted by molar-refractivity contribution is -0.134. The molecule has 0 unspecified atom stereocenters. The number of hydrogen-bond donors (Lipinski definition) is 0. The van der Waals surface area contributed by atoms with Crippen LogP contribution in [0.2, 0.25) is 5.02 Å². The minimum atomic E-state index is -3.14. The maximum Gasteiger partial charge on any atom is 0.235 e. The molecule has 160 valence electrons. The molecule has 3 aromatic rings. The number of halogens is 1. The van der Waals surface area contributed by atoms with E-state index in [1.165, 1.54) is 0 Å². The van der Waals surface area contributed by atoms with Gasteiger partial charge in [-0.2, -0.15) is 0 Å². The van der Waals surface area contributed by atoms with Gasteiger partial charge in [0.2, 0.25) is 5.91 Å². The number of benzene rings is 3. The van der Waals surface area contributed by atoms with Crippen molar-refractivity contribution in [2.45, 2.75) is 24.9 Å². The van der Waals surface area contributed by atoms with Gasteiger partial charge in [0.1, 0.15) is 0 Å². The van der Waals surface area contributed by atoms with Crippen molar-refractivity contribution in [3.8, 4) is 0 Å². The van der Waals surface area contributed by atoms with Crippen molar-refractivity contribution >= 4 is 27.3 Å². The van der Waals surface area contributed by atoms with Crippen LogP contribution in [0.4, 0.5) is 0 Å². The molecule has 0 bridgehead atoms. The molecule has 6 heteroatoms. The normalized spacial score (nSPS) is 17.5. The molecule has 0 radical (unpaired) electrons. The molecule has 4 nitrogen and oxygen atoms in total. The molecule has 1 fully saturated rings. The Bertz CT molecular complexity index is 1090. The minimum Gasteiger partial charge on any atom is -0.334 e. The third-order valence-electron chi connectivity index (χ3n) is 5.71. The van der Waals surface area contributed by atoms with Gasteiger partial charge in [-0.05, 0) is 35.2 Å². The van der Waals surface area contributed by atoms with Crippen LogP contribution in [0.3, 0.4) is 0 Å². The Kier molecular flexibility index (Phi) is 6.44. The number of amides is 1. The van der Waals surface area contributed by atoms with Crippen LogP contribution in [0.1, 0.15) is 29.0 Å². The first-order chi connectivity index (χ1) is 14.9. The lowest BCUT2D eigenvalue weighted by Gasteiger charge is -2.32. The topological polar surface area (TPSA) is 54.5 Å². The molecule has 4 rings (SSSR count). The summed E-state index contributed by atoms with van der Waals surface area (Å²) in [6.07, 6.45) is 0.456. The molecule has 3 aromatic carbocycles. The van der Waals surface area contributed by atoms with Crippen molar-refractivity contribution in [3.05, 3.63) is 107 Å². The summed E-state index contributed by atoms with van der Waals surface area (Å²) in [5, 5.41) is 0.622. The Labute approximate surface area is 188 Å². The van der Waals surface area contributed by atoms with Gasteiger partial charge in [-0.15, -0.1) is 0 Å². The summed E-state index contributed by atoms with van der Waals surface area (Å²) in [5.41, 5.74) is 2.70. The Balaban J connectivity index is 1.74. The maximum absolute atomic E-state index is 14.0. The van der Waals surface area contributed by atoms with E-state index < -0.39 is 15.8 Å². The molecule has 1 saturated heterocycles. The standard InChI is InChI=1S/C25H24ClNO3S/c26-22-13-11-19(12-14-22)17-27(23-15-16-31(29,30)18-23)25(28)24(20-7-3-1-4-8-20)21-9-5-2-6-10-21/h1-14,23-24H,15-18H2/t23-/m0/s1. The summed E-state index contributed by atoms with van der Waals surface area (Å²) in [5.74, 6) is -0.473. The van der Waals surface area contributed by atoms with E-state index in [4.69, 9.17) is 11.6 Å². The first kappa shape index (κ1) is 21.6. The summed E-state index contributed by atoms with van der Waals surface area (Å²) in [6.45, 7) is 0.340.